The van der Waals surface area contributed by atoms with Crippen molar-refractivity contribution in [3.8, 4) is 0 Å². The Kier molecular flexibility index (Phi) is 4.65. The molecular weight excluding hydrogens is 188 g/mol. The first kappa shape index (κ1) is 12.2. The lowest BCUT2D eigenvalue weighted by Crippen LogP contribution is -2.43. The predicted octanol–water partition coefficient (Wildman–Crippen LogP) is 2.67. The molecule has 1 rings (SSSR count). The van der Waals surface area contributed by atoms with Gasteiger partial charge >= 0.3 is 0 Å². The van der Waals surface area contributed by atoms with Gasteiger partial charge in [0.2, 0.25) is 0 Å². The molecule has 2 heteroatoms. The van der Waals surface area contributed by atoms with Crippen LogP contribution in [-0.2, 0) is 4.43 Å². The standard InChI is InChI=1S/C12H26OSi/c1-4-11-8-6-7-9-12(11,5-2)10(3)13-14/h10-11H,4-9H2,1-3,14H3. The van der Waals surface area contributed by atoms with Crippen LogP contribution in [0.5, 0.6) is 0 Å². The van der Waals surface area contributed by atoms with Gasteiger partial charge in [0.15, 0.2) is 0 Å². The van der Waals surface area contributed by atoms with Crippen molar-refractivity contribution in [3.63, 3.8) is 0 Å². The van der Waals surface area contributed by atoms with Crippen LogP contribution in [0.15, 0.2) is 0 Å². The van der Waals surface area contributed by atoms with Crippen LogP contribution < -0.4 is 0 Å². The minimum Gasteiger partial charge on any atom is -0.425 e. The van der Waals surface area contributed by atoms with Crippen molar-refractivity contribution >= 4 is 10.5 Å². The van der Waals surface area contributed by atoms with Gasteiger partial charge in [-0.25, -0.2) is 0 Å². The number of hydrogen-bond donors (Lipinski definition) is 0. The van der Waals surface area contributed by atoms with E-state index >= 15 is 0 Å². The molecule has 1 aliphatic carbocycles. The van der Waals surface area contributed by atoms with Crippen molar-refractivity contribution in [2.24, 2.45) is 11.3 Å². The van der Waals surface area contributed by atoms with Gasteiger partial charge in [-0.3, -0.25) is 0 Å². The van der Waals surface area contributed by atoms with E-state index in [1.807, 2.05) is 0 Å². The molecule has 84 valence electrons. The zero-order valence-electron chi connectivity index (χ0n) is 10.3. The summed E-state index contributed by atoms with van der Waals surface area (Å²) in [5.74, 6) is 0.908. The zero-order valence-corrected chi connectivity index (χ0v) is 12.3. The maximum atomic E-state index is 5.75. The SMILES string of the molecule is CCC1CCCCC1(CC)C(C)O[SiH3]. The van der Waals surface area contributed by atoms with E-state index < -0.39 is 0 Å². The summed E-state index contributed by atoms with van der Waals surface area (Å²) in [6, 6.07) is 0. The molecule has 0 aliphatic heterocycles. The monoisotopic (exact) mass is 214 g/mol. The van der Waals surface area contributed by atoms with E-state index in [1.54, 1.807) is 0 Å². The predicted molar refractivity (Wildman–Crippen MR) is 65.5 cm³/mol. The van der Waals surface area contributed by atoms with E-state index in [9.17, 15) is 0 Å². The van der Waals surface area contributed by atoms with Crippen LogP contribution in [0.1, 0.15) is 59.3 Å². The van der Waals surface area contributed by atoms with Gasteiger partial charge in [-0.05, 0) is 37.5 Å². The Labute approximate surface area is 92.2 Å². The molecule has 0 radical (unpaired) electrons. The third-order valence-electron chi connectivity index (χ3n) is 4.57. The Morgan fingerprint density at radius 2 is 2.14 bits per heavy atom. The first-order valence-electron chi connectivity index (χ1n) is 6.24. The smallest absolute Gasteiger partial charge is 0.146 e. The molecule has 0 aromatic carbocycles. The third kappa shape index (κ3) is 2.06. The van der Waals surface area contributed by atoms with Crippen molar-refractivity contribution in [3.05, 3.63) is 0 Å². The normalized spacial score (nSPS) is 35.8. The highest BCUT2D eigenvalue weighted by molar-refractivity contribution is 5.98. The minimum atomic E-state index is 0.490. The van der Waals surface area contributed by atoms with E-state index in [2.05, 4.69) is 20.8 Å². The van der Waals surface area contributed by atoms with Crippen molar-refractivity contribution < 1.29 is 4.43 Å². The lowest BCUT2D eigenvalue weighted by molar-refractivity contribution is -0.0239. The van der Waals surface area contributed by atoms with Crippen molar-refractivity contribution in [2.75, 3.05) is 0 Å². The molecule has 0 amide bonds. The van der Waals surface area contributed by atoms with Crippen LogP contribution in [0.2, 0.25) is 0 Å². The van der Waals surface area contributed by atoms with Gasteiger partial charge in [-0.15, -0.1) is 0 Å². The quantitative estimate of drug-likeness (QED) is 0.654. The zero-order chi connectivity index (χ0) is 10.6. The second-order valence-corrected chi connectivity index (χ2v) is 5.29. The van der Waals surface area contributed by atoms with E-state index in [1.165, 1.54) is 38.5 Å². The Bertz CT molecular complexity index is 172. The molecule has 0 N–H and O–H groups in total. The molecule has 1 fully saturated rings. The van der Waals surface area contributed by atoms with Gasteiger partial charge < -0.3 is 4.43 Å². The van der Waals surface area contributed by atoms with Crippen molar-refractivity contribution in [2.45, 2.75) is 65.4 Å². The van der Waals surface area contributed by atoms with Gasteiger partial charge in [-0.2, -0.15) is 0 Å². The maximum absolute atomic E-state index is 5.75. The molecule has 1 aliphatic rings. The van der Waals surface area contributed by atoms with Crippen LogP contribution in [0.3, 0.4) is 0 Å². The summed E-state index contributed by atoms with van der Waals surface area (Å²) in [5.41, 5.74) is 0.509. The summed E-state index contributed by atoms with van der Waals surface area (Å²) in [4.78, 5) is 0. The topological polar surface area (TPSA) is 9.23 Å². The van der Waals surface area contributed by atoms with Crippen LogP contribution >= 0.6 is 0 Å². The van der Waals surface area contributed by atoms with Crippen molar-refractivity contribution in [1.29, 1.82) is 0 Å². The Morgan fingerprint density at radius 1 is 1.43 bits per heavy atom. The van der Waals surface area contributed by atoms with Crippen LogP contribution in [-0.4, -0.2) is 16.6 Å². The Morgan fingerprint density at radius 3 is 2.64 bits per heavy atom. The molecule has 0 saturated heterocycles. The molecule has 3 unspecified atom stereocenters. The van der Waals surface area contributed by atoms with Crippen LogP contribution in [0, 0.1) is 11.3 Å². The Hall–Kier alpha value is 0.177. The third-order valence-corrected chi connectivity index (χ3v) is 5.28. The lowest BCUT2D eigenvalue weighted by Gasteiger charge is -2.47. The fraction of sp³-hybridized carbons (Fsp3) is 1.00. The highest BCUT2D eigenvalue weighted by Crippen LogP contribution is 2.48. The van der Waals surface area contributed by atoms with Crippen LogP contribution in [0.4, 0.5) is 0 Å². The molecule has 0 aromatic heterocycles. The fourth-order valence-electron chi connectivity index (χ4n) is 3.47. The van der Waals surface area contributed by atoms with Gasteiger partial charge in [0.1, 0.15) is 10.5 Å². The molecule has 0 heterocycles. The Balaban J connectivity index is 2.81. The fourth-order valence-corrected chi connectivity index (χ4v) is 3.94. The summed E-state index contributed by atoms with van der Waals surface area (Å²) < 4.78 is 5.75. The molecule has 1 nitrogen and oxygen atoms in total. The molecule has 1 saturated carbocycles. The largest absolute Gasteiger partial charge is 0.425 e. The van der Waals surface area contributed by atoms with E-state index in [4.69, 9.17) is 4.43 Å². The molecule has 0 bridgehead atoms. The average molecular weight is 214 g/mol. The molecule has 3 atom stereocenters. The van der Waals surface area contributed by atoms with Gasteiger partial charge in [0.05, 0.1) is 0 Å². The number of hydrogen-bond acceptors (Lipinski definition) is 1. The first-order chi connectivity index (χ1) is 6.71. The van der Waals surface area contributed by atoms with Crippen LogP contribution in [0.25, 0.3) is 0 Å². The highest BCUT2D eigenvalue weighted by atomic mass is 28.2. The summed E-state index contributed by atoms with van der Waals surface area (Å²) in [5, 5.41) is 0. The highest BCUT2D eigenvalue weighted by Gasteiger charge is 2.42. The second-order valence-electron chi connectivity index (χ2n) is 4.82. The lowest BCUT2D eigenvalue weighted by atomic mass is 9.61. The second kappa shape index (κ2) is 5.31. The number of rotatable bonds is 4. The summed E-state index contributed by atoms with van der Waals surface area (Å²) >= 11 is 0. The average Bonchev–Trinajstić information content (AvgIpc) is 2.27. The molecule has 0 aromatic rings. The van der Waals surface area contributed by atoms with E-state index in [0.717, 1.165) is 16.4 Å². The summed E-state index contributed by atoms with van der Waals surface area (Å²) in [6.45, 7) is 7.00. The molecular formula is C12H26OSi. The van der Waals surface area contributed by atoms with E-state index in [-0.39, 0.29) is 0 Å². The van der Waals surface area contributed by atoms with Gasteiger partial charge in [-0.1, -0.05) is 33.1 Å². The van der Waals surface area contributed by atoms with Crippen molar-refractivity contribution in [1.82, 2.24) is 0 Å². The minimum absolute atomic E-state index is 0.490. The van der Waals surface area contributed by atoms with E-state index in [0.29, 0.717) is 11.5 Å². The van der Waals surface area contributed by atoms with Gasteiger partial charge in [0.25, 0.3) is 0 Å². The molecule has 0 spiro atoms. The summed E-state index contributed by atoms with van der Waals surface area (Å²) in [6.07, 6.45) is 8.81. The molecule has 14 heavy (non-hydrogen) atoms. The maximum Gasteiger partial charge on any atom is 0.146 e. The summed E-state index contributed by atoms with van der Waals surface area (Å²) in [7, 11) is 0.888. The first-order valence-corrected chi connectivity index (χ1v) is 7.05. The van der Waals surface area contributed by atoms with Gasteiger partial charge in [0, 0.05) is 6.10 Å².